The number of benzene rings is 1. The van der Waals surface area contributed by atoms with E-state index in [9.17, 15) is 9.50 Å². The molecule has 2 rings (SSSR count). The summed E-state index contributed by atoms with van der Waals surface area (Å²) in [4.78, 5) is 1.87. The van der Waals surface area contributed by atoms with Crippen molar-refractivity contribution in [2.75, 3.05) is 18.1 Å². The highest BCUT2D eigenvalue weighted by atomic mass is 19.1. The highest BCUT2D eigenvalue weighted by molar-refractivity contribution is 5.57. The van der Waals surface area contributed by atoms with E-state index in [1.807, 2.05) is 4.90 Å². The summed E-state index contributed by atoms with van der Waals surface area (Å²) in [6.45, 7) is 2.03. The molecule has 17 heavy (non-hydrogen) atoms. The van der Waals surface area contributed by atoms with Crippen LogP contribution in [0.1, 0.15) is 31.4 Å². The molecule has 1 atom stereocenters. The van der Waals surface area contributed by atoms with E-state index in [0.717, 1.165) is 12.8 Å². The van der Waals surface area contributed by atoms with Crippen LogP contribution in [0.2, 0.25) is 0 Å². The van der Waals surface area contributed by atoms with Crippen molar-refractivity contribution >= 4 is 5.69 Å². The summed E-state index contributed by atoms with van der Waals surface area (Å²) in [6.07, 6.45) is 1.34. The van der Waals surface area contributed by atoms with Crippen LogP contribution >= 0.6 is 0 Å². The van der Waals surface area contributed by atoms with Gasteiger partial charge in [-0.1, -0.05) is 12.1 Å². The summed E-state index contributed by atoms with van der Waals surface area (Å²) in [7, 11) is 0. The third kappa shape index (κ3) is 2.58. The Bertz CT molecular complexity index is 391. The van der Waals surface area contributed by atoms with Gasteiger partial charge < -0.3 is 15.1 Å². The Balaban J connectivity index is 2.39. The number of hydrogen-bond donors (Lipinski definition) is 2. The smallest absolute Gasteiger partial charge is 0.146 e. The van der Waals surface area contributed by atoms with Gasteiger partial charge in [0.1, 0.15) is 5.82 Å². The van der Waals surface area contributed by atoms with Crippen molar-refractivity contribution in [1.82, 2.24) is 0 Å². The van der Waals surface area contributed by atoms with Gasteiger partial charge in [0, 0.05) is 18.2 Å². The van der Waals surface area contributed by atoms with Crippen LogP contribution in [-0.2, 0) is 0 Å². The fourth-order valence-corrected chi connectivity index (χ4v) is 2.14. The molecule has 0 heterocycles. The summed E-state index contributed by atoms with van der Waals surface area (Å²) < 4.78 is 13.9. The lowest BCUT2D eigenvalue weighted by Crippen LogP contribution is -2.31. The molecule has 0 aliphatic heterocycles. The van der Waals surface area contributed by atoms with Gasteiger partial charge in [0.25, 0.3) is 0 Å². The van der Waals surface area contributed by atoms with Gasteiger partial charge in [-0.25, -0.2) is 4.39 Å². The maximum atomic E-state index is 13.9. The number of rotatable bonds is 5. The van der Waals surface area contributed by atoms with Crippen molar-refractivity contribution in [3.8, 4) is 0 Å². The molecule has 2 N–H and O–H groups in total. The quantitative estimate of drug-likeness (QED) is 0.824. The van der Waals surface area contributed by atoms with Crippen LogP contribution in [0.25, 0.3) is 0 Å². The van der Waals surface area contributed by atoms with E-state index < -0.39 is 6.10 Å². The highest BCUT2D eigenvalue weighted by Gasteiger charge is 2.32. The number of anilines is 1. The Morgan fingerprint density at radius 3 is 2.71 bits per heavy atom. The Morgan fingerprint density at radius 1 is 1.47 bits per heavy atom. The second kappa shape index (κ2) is 5.02. The second-order valence-electron chi connectivity index (χ2n) is 4.50. The van der Waals surface area contributed by atoms with Gasteiger partial charge in [-0.2, -0.15) is 0 Å². The number of hydrogen-bond acceptors (Lipinski definition) is 3. The lowest BCUT2D eigenvalue weighted by Gasteiger charge is -2.27. The second-order valence-corrected chi connectivity index (χ2v) is 4.50. The van der Waals surface area contributed by atoms with Crippen molar-refractivity contribution in [2.45, 2.75) is 31.9 Å². The molecule has 1 unspecified atom stereocenters. The normalized spacial score (nSPS) is 16.9. The molecule has 1 fully saturated rings. The molecule has 1 aromatic carbocycles. The van der Waals surface area contributed by atoms with Crippen molar-refractivity contribution in [3.05, 3.63) is 29.6 Å². The van der Waals surface area contributed by atoms with Gasteiger partial charge in [0.2, 0.25) is 0 Å². The predicted molar refractivity (Wildman–Crippen MR) is 64.5 cm³/mol. The van der Waals surface area contributed by atoms with Gasteiger partial charge in [0.15, 0.2) is 0 Å². The summed E-state index contributed by atoms with van der Waals surface area (Å²) in [6, 6.07) is 5.03. The summed E-state index contributed by atoms with van der Waals surface area (Å²) >= 11 is 0. The molecule has 1 aliphatic carbocycles. The zero-order valence-corrected chi connectivity index (χ0v) is 9.93. The summed E-state index contributed by atoms with van der Waals surface area (Å²) in [5.41, 5.74) is 1.03. The van der Waals surface area contributed by atoms with Crippen LogP contribution < -0.4 is 4.90 Å². The van der Waals surface area contributed by atoms with Crippen molar-refractivity contribution in [3.63, 3.8) is 0 Å². The predicted octanol–water partition coefficient (Wildman–Crippen LogP) is 1.84. The summed E-state index contributed by atoms with van der Waals surface area (Å²) in [5.74, 6) is -0.330. The lowest BCUT2D eigenvalue weighted by molar-refractivity contribution is 0.199. The minimum atomic E-state index is -0.708. The number of aliphatic hydroxyl groups is 2. The largest absolute Gasteiger partial charge is 0.395 e. The molecule has 1 aromatic rings. The maximum Gasteiger partial charge on any atom is 0.146 e. The summed E-state index contributed by atoms with van der Waals surface area (Å²) in [5, 5.41) is 18.8. The van der Waals surface area contributed by atoms with Gasteiger partial charge in [-0.3, -0.25) is 0 Å². The van der Waals surface area contributed by atoms with Crippen LogP contribution in [0, 0.1) is 5.82 Å². The molecule has 0 radical (unpaired) electrons. The van der Waals surface area contributed by atoms with Crippen LogP contribution in [0.4, 0.5) is 10.1 Å². The van der Waals surface area contributed by atoms with Crippen LogP contribution in [0.3, 0.4) is 0 Å². The van der Waals surface area contributed by atoms with E-state index in [1.165, 1.54) is 6.07 Å². The van der Waals surface area contributed by atoms with Gasteiger partial charge in [0.05, 0.1) is 18.4 Å². The third-order valence-electron chi connectivity index (χ3n) is 3.08. The molecular weight excluding hydrogens is 221 g/mol. The molecule has 0 spiro atoms. The third-order valence-corrected chi connectivity index (χ3v) is 3.08. The van der Waals surface area contributed by atoms with Crippen molar-refractivity contribution in [2.24, 2.45) is 0 Å². The average Bonchev–Trinajstić information content (AvgIpc) is 3.10. The molecular formula is C13H18FNO2. The van der Waals surface area contributed by atoms with Crippen LogP contribution in [0.5, 0.6) is 0 Å². The van der Waals surface area contributed by atoms with Crippen LogP contribution in [-0.4, -0.2) is 29.4 Å². The minimum Gasteiger partial charge on any atom is -0.395 e. The maximum absolute atomic E-state index is 13.9. The number of aliphatic hydroxyl groups excluding tert-OH is 2. The fourth-order valence-electron chi connectivity index (χ4n) is 2.14. The van der Waals surface area contributed by atoms with Gasteiger partial charge >= 0.3 is 0 Å². The van der Waals surface area contributed by atoms with E-state index >= 15 is 0 Å². The Kier molecular flexibility index (Phi) is 3.64. The zero-order chi connectivity index (χ0) is 12.4. The first kappa shape index (κ1) is 12.3. The standard InChI is InChI=1S/C13H18FNO2/c1-9(17)11-3-2-4-12(14)13(11)15(7-8-16)10-5-6-10/h2-4,9-10,16-17H,5-8H2,1H3. The SMILES string of the molecule is CC(O)c1cccc(F)c1N(CCO)C1CC1. The number of para-hydroxylation sites is 1. The first-order valence-electron chi connectivity index (χ1n) is 5.99. The van der Waals surface area contributed by atoms with Crippen LogP contribution in [0.15, 0.2) is 18.2 Å². The molecule has 1 aliphatic rings. The molecule has 1 saturated carbocycles. The average molecular weight is 239 g/mol. The Labute approximate surface area is 100 Å². The van der Waals surface area contributed by atoms with E-state index in [1.54, 1.807) is 19.1 Å². The van der Waals surface area contributed by atoms with E-state index in [2.05, 4.69) is 0 Å². The lowest BCUT2D eigenvalue weighted by atomic mass is 10.1. The molecule has 0 aromatic heterocycles. The number of nitrogens with zero attached hydrogens (tertiary/aromatic N) is 1. The topological polar surface area (TPSA) is 43.7 Å². The minimum absolute atomic E-state index is 0.00984. The Hall–Kier alpha value is -1.13. The molecule has 3 nitrogen and oxygen atoms in total. The van der Waals surface area contributed by atoms with E-state index in [0.29, 0.717) is 23.8 Å². The van der Waals surface area contributed by atoms with E-state index in [-0.39, 0.29) is 12.4 Å². The molecule has 0 bridgehead atoms. The van der Waals surface area contributed by atoms with Crippen molar-refractivity contribution in [1.29, 1.82) is 0 Å². The van der Waals surface area contributed by atoms with E-state index in [4.69, 9.17) is 5.11 Å². The fraction of sp³-hybridized carbons (Fsp3) is 0.538. The van der Waals surface area contributed by atoms with Gasteiger partial charge in [-0.15, -0.1) is 0 Å². The van der Waals surface area contributed by atoms with Crippen molar-refractivity contribution < 1.29 is 14.6 Å². The first-order valence-corrected chi connectivity index (χ1v) is 5.99. The molecule has 0 amide bonds. The first-order chi connectivity index (χ1) is 8.15. The zero-order valence-electron chi connectivity index (χ0n) is 9.93. The number of halogens is 1. The molecule has 94 valence electrons. The highest BCUT2D eigenvalue weighted by Crippen LogP contribution is 2.37. The molecule has 0 saturated heterocycles. The Morgan fingerprint density at radius 2 is 2.18 bits per heavy atom. The van der Waals surface area contributed by atoms with Gasteiger partial charge in [-0.05, 0) is 25.8 Å². The monoisotopic (exact) mass is 239 g/mol. The molecule has 4 heteroatoms.